The van der Waals surface area contributed by atoms with Crippen LogP contribution in [0.25, 0.3) is 0 Å². The molecule has 0 saturated heterocycles. The van der Waals surface area contributed by atoms with Crippen molar-refractivity contribution in [1.29, 1.82) is 0 Å². The molecule has 1 aliphatic carbocycles. The highest BCUT2D eigenvalue weighted by atomic mass is 35.5. The van der Waals surface area contributed by atoms with Crippen molar-refractivity contribution in [1.82, 2.24) is 9.78 Å². The zero-order valence-electron chi connectivity index (χ0n) is 13.1. The second-order valence-corrected chi connectivity index (χ2v) is 6.75. The summed E-state index contributed by atoms with van der Waals surface area (Å²) in [5, 5.41) is 6.67. The number of hydrogen-bond donors (Lipinski definition) is 1. The highest BCUT2D eigenvalue weighted by Crippen LogP contribution is 2.43. The molecule has 1 aromatic carbocycles. The standard InChI is InChI=1S/C16H14Cl2F3N3O/c1-8(15(25)22-14-10(17)3-2-4-11(14)18)24-12(9-5-6-9)7-13(23-24)16(19,20)21/h2-4,7-9H,5-6H2,1H3,(H,22,25). The number of anilines is 1. The maximum absolute atomic E-state index is 13.0. The number of carbonyl (C=O) groups excluding carboxylic acids is 1. The number of carbonyl (C=O) groups is 1. The first-order valence-electron chi connectivity index (χ1n) is 7.60. The van der Waals surface area contributed by atoms with E-state index >= 15 is 0 Å². The van der Waals surface area contributed by atoms with E-state index in [2.05, 4.69) is 10.4 Å². The minimum absolute atomic E-state index is 0.00255. The number of hydrogen-bond acceptors (Lipinski definition) is 2. The molecule has 4 nitrogen and oxygen atoms in total. The summed E-state index contributed by atoms with van der Waals surface area (Å²) in [6.45, 7) is 1.49. The lowest BCUT2D eigenvalue weighted by molar-refractivity contribution is -0.141. The van der Waals surface area contributed by atoms with Crippen LogP contribution in [0.1, 0.15) is 43.1 Å². The van der Waals surface area contributed by atoms with Crippen molar-refractivity contribution in [2.75, 3.05) is 5.32 Å². The SMILES string of the molecule is CC(C(=O)Nc1c(Cl)cccc1Cl)n1nc(C(F)(F)F)cc1C1CC1. The first-order chi connectivity index (χ1) is 11.7. The molecule has 1 N–H and O–H groups in total. The van der Waals surface area contributed by atoms with Gasteiger partial charge in [-0.2, -0.15) is 18.3 Å². The van der Waals surface area contributed by atoms with Gasteiger partial charge in [-0.25, -0.2) is 0 Å². The number of para-hydroxylation sites is 1. The molecule has 0 bridgehead atoms. The van der Waals surface area contributed by atoms with Crippen LogP contribution in [0.2, 0.25) is 10.0 Å². The fourth-order valence-corrected chi connectivity index (χ4v) is 2.99. The third-order valence-corrected chi connectivity index (χ3v) is 4.64. The van der Waals surface area contributed by atoms with Crippen molar-refractivity contribution >= 4 is 34.8 Å². The molecule has 0 radical (unpaired) electrons. The first-order valence-corrected chi connectivity index (χ1v) is 8.35. The van der Waals surface area contributed by atoms with E-state index < -0.39 is 23.8 Å². The highest BCUT2D eigenvalue weighted by molar-refractivity contribution is 6.39. The fraction of sp³-hybridized carbons (Fsp3) is 0.375. The van der Waals surface area contributed by atoms with E-state index in [1.165, 1.54) is 6.92 Å². The van der Waals surface area contributed by atoms with E-state index in [-0.39, 0.29) is 21.7 Å². The minimum atomic E-state index is -4.56. The van der Waals surface area contributed by atoms with Crippen LogP contribution in [0.4, 0.5) is 18.9 Å². The monoisotopic (exact) mass is 391 g/mol. The number of rotatable bonds is 4. The predicted octanol–water partition coefficient (Wildman–Crippen LogP) is 5.29. The second-order valence-electron chi connectivity index (χ2n) is 5.93. The molecule has 3 rings (SSSR count). The van der Waals surface area contributed by atoms with Gasteiger partial charge in [0.25, 0.3) is 0 Å². The van der Waals surface area contributed by atoms with E-state index in [0.29, 0.717) is 5.69 Å². The maximum Gasteiger partial charge on any atom is 0.435 e. The smallest absolute Gasteiger partial charge is 0.322 e. The molecule has 1 fully saturated rings. The van der Waals surface area contributed by atoms with E-state index in [1.54, 1.807) is 18.2 Å². The van der Waals surface area contributed by atoms with Crippen molar-refractivity contribution < 1.29 is 18.0 Å². The molecule has 25 heavy (non-hydrogen) atoms. The Morgan fingerprint density at radius 3 is 2.44 bits per heavy atom. The van der Waals surface area contributed by atoms with Gasteiger partial charge in [-0.3, -0.25) is 9.48 Å². The summed E-state index contributed by atoms with van der Waals surface area (Å²) in [5.74, 6) is -0.545. The van der Waals surface area contributed by atoms with Crippen LogP contribution in [0.15, 0.2) is 24.3 Å². The molecule has 1 atom stereocenters. The zero-order valence-corrected chi connectivity index (χ0v) is 14.6. The minimum Gasteiger partial charge on any atom is -0.322 e. The van der Waals surface area contributed by atoms with Gasteiger partial charge in [-0.1, -0.05) is 29.3 Å². The number of nitrogens with zero attached hydrogens (tertiary/aromatic N) is 2. The average Bonchev–Trinajstić information content (AvgIpc) is 3.27. The van der Waals surface area contributed by atoms with Crippen LogP contribution in [0.5, 0.6) is 0 Å². The van der Waals surface area contributed by atoms with Gasteiger partial charge in [-0.05, 0) is 38.0 Å². The molecular formula is C16H14Cl2F3N3O. The molecule has 9 heteroatoms. The Balaban J connectivity index is 1.88. The topological polar surface area (TPSA) is 46.9 Å². The van der Waals surface area contributed by atoms with E-state index in [0.717, 1.165) is 23.6 Å². The lowest BCUT2D eigenvalue weighted by atomic mass is 10.2. The van der Waals surface area contributed by atoms with Gasteiger partial charge in [0, 0.05) is 11.6 Å². The lowest BCUT2D eigenvalue weighted by Gasteiger charge is -2.17. The molecule has 0 aliphatic heterocycles. The molecule has 1 aromatic heterocycles. The average molecular weight is 392 g/mol. The van der Waals surface area contributed by atoms with E-state index in [1.807, 2.05) is 0 Å². The van der Waals surface area contributed by atoms with Crippen LogP contribution in [0, 0.1) is 0 Å². The van der Waals surface area contributed by atoms with Crippen LogP contribution < -0.4 is 5.32 Å². The Labute approximate surface area is 151 Å². The molecular weight excluding hydrogens is 378 g/mol. The quantitative estimate of drug-likeness (QED) is 0.769. The summed E-state index contributed by atoms with van der Waals surface area (Å²) in [6, 6.07) is 4.80. The molecule has 1 saturated carbocycles. The number of nitrogens with one attached hydrogen (secondary N) is 1. The van der Waals surface area contributed by atoms with Gasteiger partial charge in [0.15, 0.2) is 5.69 Å². The Morgan fingerprint density at radius 1 is 1.32 bits per heavy atom. The van der Waals surface area contributed by atoms with Gasteiger partial charge in [0.2, 0.25) is 5.91 Å². The predicted molar refractivity (Wildman–Crippen MR) is 89.0 cm³/mol. The molecule has 0 spiro atoms. The van der Waals surface area contributed by atoms with Gasteiger partial charge < -0.3 is 5.32 Å². The third-order valence-electron chi connectivity index (χ3n) is 4.01. The summed E-state index contributed by atoms with van der Waals surface area (Å²) >= 11 is 12.0. The van der Waals surface area contributed by atoms with Gasteiger partial charge in [0.05, 0.1) is 15.7 Å². The number of halogens is 5. The molecule has 1 heterocycles. The summed E-state index contributed by atoms with van der Waals surface area (Å²) in [4.78, 5) is 12.5. The molecule has 134 valence electrons. The van der Waals surface area contributed by atoms with Crippen molar-refractivity contribution in [3.05, 3.63) is 45.7 Å². The Kier molecular flexibility index (Phi) is 4.72. The zero-order chi connectivity index (χ0) is 18.4. The number of amides is 1. The van der Waals surface area contributed by atoms with E-state index in [9.17, 15) is 18.0 Å². The van der Waals surface area contributed by atoms with Crippen LogP contribution in [-0.4, -0.2) is 15.7 Å². The maximum atomic E-state index is 13.0. The number of alkyl halides is 3. The van der Waals surface area contributed by atoms with Crippen molar-refractivity contribution in [3.8, 4) is 0 Å². The first kappa shape index (κ1) is 18.1. The number of benzene rings is 1. The number of aromatic nitrogens is 2. The summed E-state index contributed by atoms with van der Waals surface area (Å²) in [7, 11) is 0. The second kappa shape index (κ2) is 6.53. The van der Waals surface area contributed by atoms with Crippen molar-refractivity contribution in [3.63, 3.8) is 0 Å². The Morgan fingerprint density at radius 2 is 1.92 bits per heavy atom. The highest BCUT2D eigenvalue weighted by Gasteiger charge is 2.39. The van der Waals surface area contributed by atoms with Crippen molar-refractivity contribution in [2.45, 2.75) is 37.9 Å². The largest absolute Gasteiger partial charge is 0.435 e. The van der Waals surface area contributed by atoms with Crippen molar-refractivity contribution in [2.24, 2.45) is 0 Å². The van der Waals surface area contributed by atoms with Gasteiger partial charge >= 0.3 is 6.18 Å². The summed E-state index contributed by atoms with van der Waals surface area (Å²) in [5.41, 5.74) is -0.357. The molecule has 2 aromatic rings. The van der Waals surface area contributed by atoms with Gasteiger partial charge in [-0.15, -0.1) is 0 Å². The Hall–Kier alpha value is -1.73. The summed E-state index contributed by atoms with van der Waals surface area (Å²) in [6.07, 6.45) is -2.99. The van der Waals surface area contributed by atoms with Crippen LogP contribution >= 0.6 is 23.2 Å². The molecule has 1 unspecified atom stereocenters. The van der Waals surface area contributed by atoms with E-state index in [4.69, 9.17) is 23.2 Å². The van der Waals surface area contributed by atoms with Crippen LogP contribution in [0.3, 0.4) is 0 Å². The fourth-order valence-electron chi connectivity index (χ4n) is 2.50. The van der Waals surface area contributed by atoms with Crippen LogP contribution in [-0.2, 0) is 11.0 Å². The Bertz CT molecular complexity index is 795. The summed E-state index contributed by atoms with van der Waals surface area (Å²) < 4.78 is 40.1. The lowest BCUT2D eigenvalue weighted by Crippen LogP contribution is -2.26. The third kappa shape index (κ3) is 3.77. The molecule has 1 amide bonds. The van der Waals surface area contributed by atoms with Gasteiger partial charge in [0.1, 0.15) is 6.04 Å². The normalized spacial score (nSPS) is 15.9. The molecule has 1 aliphatic rings.